The van der Waals surface area contributed by atoms with E-state index in [2.05, 4.69) is 169 Å². The lowest BCUT2D eigenvalue weighted by Crippen LogP contribution is -2.34. The molecule has 0 bridgehead atoms. The van der Waals surface area contributed by atoms with Crippen molar-refractivity contribution in [3.8, 4) is 0 Å². The summed E-state index contributed by atoms with van der Waals surface area (Å²) >= 11 is 0. The van der Waals surface area contributed by atoms with E-state index in [1.807, 2.05) is 21.6 Å². The van der Waals surface area contributed by atoms with Crippen molar-refractivity contribution in [2.75, 3.05) is 11.5 Å². The minimum Gasteiger partial charge on any atom is -0.204 e. The fourth-order valence-corrected chi connectivity index (χ4v) is 7.18. The molecule has 6 rings (SSSR count). The number of fused-ring (bicyclic) bond motifs is 2. The molecule has 2 heterocycles. The Hall–Kier alpha value is -4.12. The molecule has 0 atom stereocenters. The second-order valence-electron chi connectivity index (χ2n) is 11.3. The van der Waals surface area contributed by atoms with Gasteiger partial charge in [-0.15, -0.1) is 0 Å². The predicted octanol–water partition coefficient (Wildman–Crippen LogP) is 9.61. The van der Waals surface area contributed by atoms with Gasteiger partial charge in [-0.05, 0) is 69.8 Å². The zero-order chi connectivity index (χ0) is 30.1. The van der Waals surface area contributed by atoms with Crippen molar-refractivity contribution in [2.45, 2.75) is 26.9 Å². The lowest BCUT2D eigenvalue weighted by molar-refractivity contribution is -0.692. The molecule has 2 aromatic heterocycles. The van der Waals surface area contributed by atoms with E-state index in [1.165, 1.54) is 54.9 Å². The topological polar surface area (TPSA) is 7.76 Å². The zero-order valence-electron chi connectivity index (χ0n) is 25.4. The van der Waals surface area contributed by atoms with Gasteiger partial charge in [0.2, 0.25) is 0 Å². The van der Waals surface area contributed by atoms with Crippen LogP contribution in [0.1, 0.15) is 33.4 Å². The normalized spacial score (nSPS) is 11.8. The highest BCUT2D eigenvalue weighted by Crippen LogP contribution is 2.22. The molecule has 44 heavy (non-hydrogen) atoms. The Labute approximate surface area is 269 Å². The minimum absolute atomic E-state index is 1.01. The lowest BCUT2D eigenvalue weighted by atomic mass is 10.0. The van der Waals surface area contributed by atoms with E-state index >= 15 is 0 Å². The standard InChI is InChI=1S/C40H38N2S2/c1-31-3-11-39-29-35(9-13-37(39)27-31)7-5-33-15-19-41(20-16-33)23-25-43-44-26-24-42-21-17-34(18-22-42)6-8-36-10-14-38-28-32(2)4-12-40(38)30-36/h3-22,27-30H,23-26H2,1-2H3/q+2/b7-5+,8-6+. The molecule has 0 saturated carbocycles. The highest BCUT2D eigenvalue weighted by molar-refractivity contribution is 8.76. The van der Waals surface area contributed by atoms with E-state index in [0.717, 1.165) is 24.6 Å². The summed E-state index contributed by atoms with van der Waals surface area (Å²) in [5.41, 5.74) is 7.48. The lowest BCUT2D eigenvalue weighted by Gasteiger charge is -2.02. The summed E-state index contributed by atoms with van der Waals surface area (Å²) in [6, 6.07) is 35.3. The van der Waals surface area contributed by atoms with Crippen molar-refractivity contribution in [1.82, 2.24) is 0 Å². The predicted molar refractivity (Wildman–Crippen MR) is 193 cm³/mol. The second-order valence-corrected chi connectivity index (χ2v) is 14.0. The maximum atomic E-state index is 2.27. The fraction of sp³-hybridized carbons (Fsp3) is 0.150. The van der Waals surface area contributed by atoms with Crippen LogP contribution >= 0.6 is 21.6 Å². The van der Waals surface area contributed by atoms with E-state index < -0.39 is 0 Å². The Kier molecular flexibility index (Phi) is 9.91. The SMILES string of the molecule is Cc1ccc2cc(/C=C/c3cc[n+](CCSSCC[n+]4ccc(/C=C/c5ccc6cc(C)ccc6c5)cc4)cc3)ccc2c1. The summed E-state index contributed by atoms with van der Waals surface area (Å²) in [5.74, 6) is 2.17. The van der Waals surface area contributed by atoms with Gasteiger partial charge in [-0.1, -0.05) is 118 Å². The van der Waals surface area contributed by atoms with Crippen LogP contribution in [0.25, 0.3) is 45.8 Å². The van der Waals surface area contributed by atoms with E-state index in [9.17, 15) is 0 Å². The molecular weight excluding hydrogens is 573 g/mol. The highest BCUT2D eigenvalue weighted by Gasteiger charge is 2.04. The third kappa shape index (κ3) is 8.28. The molecule has 4 aromatic carbocycles. The molecule has 0 N–H and O–H groups in total. The molecule has 0 aliphatic rings. The number of nitrogens with zero attached hydrogens (tertiary/aromatic N) is 2. The van der Waals surface area contributed by atoms with Crippen molar-refractivity contribution in [3.05, 3.63) is 155 Å². The van der Waals surface area contributed by atoms with Crippen LogP contribution in [0, 0.1) is 13.8 Å². The maximum absolute atomic E-state index is 2.27. The first-order valence-corrected chi connectivity index (χ1v) is 17.7. The molecule has 0 aliphatic heterocycles. The van der Waals surface area contributed by atoms with E-state index in [0.29, 0.717) is 0 Å². The quantitative estimate of drug-likeness (QED) is 0.0820. The van der Waals surface area contributed by atoms with Gasteiger partial charge >= 0.3 is 0 Å². The second kappa shape index (κ2) is 14.6. The summed E-state index contributed by atoms with van der Waals surface area (Å²) in [4.78, 5) is 0. The van der Waals surface area contributed by atoms with Gasteiger partial charge in [0.05, 0.1) is 11.5 Å². The van der Waals surface area contributed by atoms with Crippen molar-refractivity contribution >= 4 is 67.4 Å². The number of pyridine rings is 2. The first kappa shape index (κ1) is 29.9. The van der Waals surface area contributed by atoms with Crippen molar-refractivity contribution in [3.63, 3.8) is 0 Å². The number of rotatable bonds is 11. The van der Waals surface area contributed by atoms with E-state index in [1.54, 1.807) is 0 Å². The third-order valence-corrected chi connectivity index (χ3v) is 10.1. The fourth-order valence-electron chi connectivity index (χ4n) is 5.22. The van der Waals surface area contributed by atoms with Crippen LogP contribution in [0.15, 0.2) is 122 Å². The highest BCUT2D eigenvalue weighted by atomic mass is 33.1. The maximum Gasteiger partial charge on any atom is 0.169 e. The van der Waals surface area contributed by atoms with Crippen LogP contribution in [0.2, 0.25) is 0 Å². The molecule has 0 radical (unpaired) electrons. The number of aryl methyl sites for hydroxylation is 4. The molecule has 4 heteroatoms. The van der Waals surface area contributed by atoms with Crippen LogP contribution in [-0.2, 0) is 13.1 Å². The summed E-state index contributed by atoms with van der Waals surface area (Å²) in [6.45, 7) is 6.30. The van der Waals surface area contributed by atoms with Gasteiger partial charge in [-0.3, -0.25) is 0 Å². The Morgan fingerprint density at radius 1 is 0.432 bits per heavy atom. The Balaban J connectivity index is 0.899. The van der Waals surface area contributed by atoms with Crippen molar-refractivity contribution < 1.29 is 9.13 Å². The molecule has 0 fully saturated rings. The molecule has 0 amide bonds. The van der Waals surface area contributed by atoms with Gasteiger partial charge < -0.3 is 0 Å². The number of benzene rings is 4. The van der Waals surface area contributed by atoms with Crippen LogP contribution < -0.4 is 9.13 Å². The summed E-state index contributed by atoms with van der Waals surface area (Å²) in [6.07, 6.45) is 17.5. The molecular formula is C40H38N2S2+2. The van der Waals surface area contributed by atoms with Gasteiger partial charge in [-0.2, -0.15) is 0 Å². The summed E-state index contributed by atoms with van der Waals surface area (Å²) in [5, 5.41) is 5.16. The van der Waals surface area contributed by atoms with E-state index in [4.69, 9.17) is 0 Å². The average molecular weight is 611 g/mol. The first-order chi connectivity index (χ1) is 21.6. The molecule has 2 nitrogen and oxygen atoms in total. The van der Waals surface area contributed by atoms with Crippen molar-refractivity contribution in [2.24, 2.45) is 0 Å². The van der Waals surface area contributed by atoms with Crippen LogP contribution in [0.5, 0.6) is 0 Å². The van der Waals surface area contributed by atoms with Gasteiger partial charge in [-0.25, -0.2) is 9.13 Å². The average Bonchev–Trinajstić information content (AvgIpc) is 3.05. The summed E-state index contributed by atoms with van der Waals surface area (Å²) < 4.78 is 4.53. The van der Waals surface area contributed by atoms with Crippen LogP contribution in [-0.4, -0.2) is 11.5 Å². The molecule has 0 unspecified atom stereocenters. The first-order valence-electron chi connectivity index (χ1n) is 15.2. The van der Waals surface area contributed by atoms with Gasteiger partial charge in [0.1, 0.15) is 0 Å². The van der Waals surface area contributed by atoms with Gasteiger partial charge in [0, 0.05) is 24.3 Å². The molecule has 6 aromatic rings. The molecule has 218 valence electrons. The number of hydrogen-bond acceptors (Lipinski definition) is 2. The van der Waals surface area contributed by atoms with E-state index in [-0.39, 0.29) is 0 Å². The Morgan fingerprint density at radius 3 is 1.23 bits per heavy atom. The monoisotopic (exact) mass is 610 g/mol. The number of hydrogen-bond donors (Lipinski definition) is 0. The number of aromatic nitrogens is 2. The van der Waals surface area contributed by atoms with Crippen LogP contribution in [0.4, 0.5) is 0 Å². The Bertz CT molecular complexity index is 1780. The third-order valence-electron chi connectivity index (χ3n) is 7.76. The molecule has 0 saturated heterocycles. The Morgan fingerprint density at radius 2 is 0.795 bits per heavy atom. The zero-order valence-corrected chi connectivity index (χ0v) is 27.0. The molecule has 0 aliphatic carbocycles. The summed E-state index contributed by atoms with van der Waals surface area (Å²) in [7, 11) is 3.90. The van der Waals surface area contributed by atoms with Crippen LogP contribution in [0.3, 0.4) is 0 Å². The van der Waals surface area contributed by atoms with Gasteiger partial charge in [0.15, 0.2) is 37.9 Å². The van der Waals surface area contributed by atoms with Gasteiger partial charge in [0.25, 0.3) is 0 Å². The molecule has 0 spiro atoms. The van der Waals surface area contributed by atoms with Crippen molar-refractivity contribution in [1.29, 1.82) is 0 Å². The largest absolute Gasteiger partial charge is 0.204 e. The minimum atomic E-state index is 1.01. The smallest absolute Gasteiger partial charge is 0.169 e.